The fourth-order valence-electron chi connectivity index (χ4n) is 3.44. The van der Waals surface area contributed by atoms with Crippen molar-refractivity contribution in [3.8, 4) is 0 Å². The average molecular weight is 322 g/mol. The van der Waals surface area contributed by atoms with E-state index in [4.69, 9.17) is 9.15 Å². The van der Waals surface area contributed by atoms with Gasteiger partial charge in [-0.05, 0) is 36.1 Å². The molecule has 1 aliphatic rings. The second kappa shape index (κ2) is 6.11. The molecule has 2 aromatic carbocycles. The quantitative estimate of drug-likeness (QED) is 0.679. The zero-order valence-corrected chi connectivity index (χ0v) is 13.3. The van der Waals surface area contributed by atoms with Gasteiger partial charge < -0.3 is 9.15 Å². The van der Waals surface area contributed by atoms with Crippen LogP contribution in [-0.4, -0.2) is 17.9 Å². The van der Waals surface area contributed by atoms with Crippen molar-refractivity contribution < 1.29 is 18.7 Å². The summed E-state index contributed by atoms with van der Waals surface area (Å²) >= 11 is 0. The van der Waals surface area contributed by atoms with Crippen molar-refractivity contribution in [3.05, 3.63) is 48.2 Å². The molecule has 0 bridgehead atoms. The number of fused-ring (bicyclic) bond motifs is 3. The van der Waals surface area contributed by atoms with E-state index in [-0.39, 0.29) is 18.2 Å². The number of furan rings is 1. The summed E-state index contributed by atoms with van der Waals surface area (Å²) in [4.78, 5) is 24.1. The Kier molecular flexibility index (Phi) is 3.81. The lowest BCUT2D eigenvalue weighted by Gasteiger charge is -2.20. The fourth-order valence-corrected chi connectivity index (χ4v) is 3.44. The molecule has 1 aromatic heterocycles. The van der Waals surface area contributed by atoms with Crippen molar-refractivity contribution in [2.45, 2.75) is 38.2 Å². The van der Waals surface area contributed by atoms with Crippen LogP contribution in [0, 0.1) is 0 Å². The number of carbonyl (C=O) groups is 2. The van der Waals surface area contributed by atoms with Crippen molar-refractivity contribution in [2.24, 2.45) is 0 Å². The Morgan fingerprint density at radius 1 is 1.17 bits per heavy atom. The van der Waals surface area contributed by atoms with E-state index in [1.807, 2.05) is 36.4 Å². The first-order valence-corrected chi connectivity index (χ1v) is 8.32. The number of Topliss-reactive ketones (excluding diaryl/α,β-unsaturated/α-hetero) is 1. The van der Waals surface area contributed by atoms with Crippen LogP contribution in [0.4, 0.5) is 0 Å². The van der Waals surface area contributed by atoms with E-state index in [0.717, 1.165) is 40.1 Å². The number of benzene rings is 2. The van der Waals surface area contributed by atoms with E-state index >= 15 is 0 Å². The maximum atomic E-state index is 12.3. The van der Waals surface area contributed by atoms with Crippen molar-refractivity contribution in [1.82, 2.24) is 0 Å². The van der Waals surface area contributed by atoms with Gasteiger partial charge in [0.05, 0.1) is 12.7 Å². The Morgan fingerprint density at radius 2 is 2.04 bits per heavy atom. The van der Waals surface area contributed by atoms with Crippen molar-refractivity contribution in [3.63, 3.8) is 0 Å². The lowest BCUT2D eigenvalue weighted by Crippen LogP contribution is -2.30. The molecule has 4 nitrogen and oxygen atoms in total. The summed E-state index contributed by atoms with van der Waals surface area (Å²) in [5.41, 5.74) is 1.56. The Morgan fingerprint density at radius 3 is 2.92 bits per heavy atom. The van der Waals surface area contributed by atoms with E-state index in [9.17, 15) is 9.59 Å². The molecule has 24 heavy (non-hydrogen) atoms. The molecule has 0 aliphatic heterocycles. The monoisotopic (exact) mass is 322 g/mol. The molecule has 0 N–H and O–H groups in total. The van der Waals surface area contributed by atoms with Crippen molar-refractivity contribution >= 4 is 33.5 Å². The third-order valence-corrected chi connectivity index (χ3v) is 4.65. The average Bonchev–Trinajstić information content (AvgIpc) is 3.00. The first-order chi connectivity index (χ1) is 11.7. The number of carbonyl (C=O) groups excluding carboxylic acids is 2. The van der Waals surface area contributed by atoms with Gasteiger partial charge in [-0.2, -0.15) is 0 Å². The normalized spacial score (nSPS) is 18.2. The first-order valence-electron chi connectivity index (χ1n) is 8.32. The van der Waals surface area contributed by atoms with Gasteiger partial charge in [-0.15, -0.1) is 0 Å². The summed E-state index contributed by atoms with van der Waals surface area (Å²) in [6, 6.07) is 11.9. The first kappa shape index (κ1) is 14.9. The van der Waals surface area contributed by atoms with E-state index in [0.29, 0.717) is 12.8 Å². The molecule has 0 radical (unpaired) electrons. The van der Waals surface area contributed by atoms with Crippen molar-refractivity contribution in [1.29, 1.82) is 0 Å². The van der Waals surface area contributed by atoms with Crippen LogP contribution in [0.15, 0.2) is 47.1 Å². The van der Waals surface area contributed by atoms with Crippen LogP contribution < -0.4 is 0 Å². The maximum Gasteiger partial charge on any atom is 0.311 e. The highest BCUT2D eigenvalue weighted by molar-refractivity contribution is 6.08. The minimum Gasteiger partial charge on any atom is -0.464 e. The van der Waals surface area contributed by atoms with Gasteiger partial charge in [-0.3, -0.25) is 9.59 Å². The summed E-state index contributed by atoms with van der Waals surface area (Å²) in [5, 5.41) is 3.10. The minimum absolute atomic E-state index is 0.0390. The molecule has 1 atom stereocenters. The Labute approximate surface area is 139 Å². The third kappa shape index (κ3) is 2.68. The third-order valence-electron chi connectivity index (χ3n) is 4.65. The maximum absolute atomic E-state index is 12.3. The van der Waals surface area contributed by atoms with Crippen LogP contribution in [0.5, 0.6) is 0 Å². The van der Waals surface area contributed by atoms with Crippen LogP contribution in [0.2, 0.25) is 0 Å². The number of esters is 1. The molecule has 4 rings (SSSR count). The number of rotatable bonds is 3. The predicted molar refractivity (Wildman–Crippen MR) is 90.8 cm³/mol. The summed E-state index contributed by atoms with van der Waals surface area (Å²) in [6.07, 6.45) is 4.14. The topological polar surface area (TPSA) is 56.5 Å². The standard InChI is InChI=1S/C20H18O4/c21-16-7-3-4-8-17(16)24-19(22)11-14-12-23-18-10-9-13-5-1-2-6-15(13)20(14)18/h1-2,5-6,9-10,12,17H,3-4,7-8,11H2/t17-/m1/s1. The Balaban J connectivity index is 1.61. The molecule has 0 saturated heterocycles. The van der Waals surface area contributed by atoms with Gasteiger partial charge in [0.15, 0.2) is 11.9 Å². The fraction of sp³-hybridized carbons (Fsp3) is 0.300. The molecule has 122 valence electrons. The highest BCUT2D eigenvalue weighted by Gasteiger charge is 2.26. The van der Waals surface area contributed by atoms with Crippen LogP contribution in [-0.2, 0) is 20.7 Å². The van der Waals surface area contributed by atoms with Crippen LogP contribution in [0.25, 0.3) is 21.7 Å². The molecule has 1 heterocycles. The van der Waals surface area contributed by atoms with Gasteiger partial charge >= 0.3 is 5.97 Å². The Bertz CT molecular complexity index is 922. The Hall–Kier alpha value is -2.62. The van der Waals surface area contributed by atoms with Gasteiger partial charge in [0.1, 0.15) is 5.58 Å². The zero-order chi connectivity index (χ0) is 16.5. The van der Waals surface area contributed by atoms with E-state index in [2.05, 4.69) is 0 Å². The zero-order valence-electron chi connectivity index (χ0n) is 13.3. The number of ether oxygens (including phenoxy) is 1. The lowest BCUT2D eigenvalue weighted by atomic mass is 9.96. The van der Waals surface area contributed by atoms with Gasteiger partial charge in [0, 0.05) is 17.4 Å². The summed E-state index contributed by atoms with van der Waals surface area (Å²) in [5.74, 6) is -0.331. The van der Waals surface area contributed by atoms with Crippen molar-refractivity contribution in [2.75, 3.05) is 0 Å². The molecule has 1 aliphatic carbocycles. The van der Waals surface area contributed by atoms with E-state index < -0.39 is 6.10 Å². The van der Waals surface area contributed by atoms with E-state index in [1.165, 1.54) is 0 Å². The molecular weight excluding hydrogens is 304 g/mol. The highest BCUT2D eigenvalue weighted by Crippen LogP contribution is 2.30. The largest absolute Gasteiger partial charge is 0.464 e. The molecule has 0 unspecified atom stereocenters. The van der Waals surface area contributed by atoms with Gasteiger partial charge in [-0.25, -0.2) is 0 Å². The van der Waals surface area contributed by atoms with Crippen LogP contribution >= 0.6 is 0 Å². The molecule has 1 fully saturated rings. The summed E-state index contributed by atoms with van der Waals surface area (Å²) in [6.45, 7) is 0. The van der Waals surface area contributed by atoms with Crippen LogP contribution in [0.3, 0.4) is 0 Å². The van der Waals surface area contributed by atoms with Crippen LogP contribution in [0.1, 0.15) is 31.2 Å². The number of hydrogen-bond donors (Lipinski definition) is 0. The number of hydrogen-bond acceptors (Lipinski definition) is 4. The molecule has 0 spiro atoms. The summed E-state index contributed by atoms with van der Waals surface area (Å²) in [7, 11) is 0. The summed E-state index contributed by atoms with van der Waals surface area (Å²) < 4.78 is 11.0. The molecule has 4 heteroatoms. The predicted octanol–water partition coefficient (Wildman–Crippen LogP) is 4.18. The highest BCUT2D eigenvalue weighted by atomic mass is 16.5. The van der Waals surface area contributed by atoms with Gasteiger partial charge in [0.2, 0.25) is 0 Å². The minimum atomic E-state index is -0.568. The molecule has 3 aromatic rings. The second-order valence-electron chi connectivity index (χ2n) is 6.29. The molecule has 0 amide bonds. The molecule has 1 saturated carbocycles. The smallest absolute Gasteiger partial charge is 0.311 e. The van der Waals surface area contributed by atoms with Gasteiger partial charge in [0.25, 0.3) is 0 Å². The van der Waals surface area contributed by atoms with Gasteiger partial charge in [-0.1, -0.05) is 30.3 Å². The number of ketones is 1. The lowest BCUT2D eigenvalue weighted by molar-refractivity contribution is -0.156. The second-order valence-corrected chi connectivity index (χ2v) is 6.29. The SMILES string of the molecule is O=C(Cc1coc2ccc3ccccc3c12)O[C@@H]1CCCCC1=O. The molecular formula is C20H18O4. The van der Waals surface area contributed by atoms with E-state index in [1.54, 1.807) is 6.26 Å².